The summed E-state index contributed by atoms with van der Waals surface area (Å²) in [6, 6.07) is 18.0. The van der Waals surface area contributed by atoms with Gasteiger partial charge >= 0.3 is 5.97 Å². The number of carbonyl (C=O) groups excluding carboxylic acids is 1. The first-order chi connectivity index (χ1) is 11.8. The summed E-state index contributed by atoms with van der Waals surface area (Å²) >= 11 is 0. The summed E-state index contributed by atoms with van der Waals surface area (Å²) in [5, 5.41) is 13.0. The first kappa shape index (κ1) is 18.3. The fraction of sp³-hybridized carbons (Fsp3) is 0.300. The molecule has 2 aromatic carbocycles. The van der Waals surface area contributed by atoms with Gasteiger partial charge in [0.2, 0.25) is 5.54 Å². The molecule has 0 aliphatic rings. The molecule has 130 valence electrons. The predicted molar refractivity (Wildman–Crippen MR) is 96.2 cm³/mol. The highest BCUT2D eigenvalue weighted by molar-refractivity contribution is 5.90. The van der Waals surface area contributed by atoms with Gasteiger partial charge in [-0.25, -0.2) is 4.79 Å². The second kappa shape index (κ2) is 7.27. The average molecular weight is 338 g/mol. The van der Waals surface area contributed by atoms with Crippen molar-refractivity contribution < 1.29 is 14.3 Å². The summed E-state index contributed by atoms with van der Waals surface area (Å²) < 4.78 is 10.7. The van der Waals surface area contributed by atoms with Crippen molar-refractivity contribution in [1.29, 1.82) is 5.26 Å². The lowest BCUT2D eigenvalue weighted by Gasteiger charge is -2.31. The summed E-state index contributed by atoms with van der Waals surface area (Å²) in [7, 11) is 1.56. The van der Waals surface area contributed by atoms with Crippen molar-refractivity contribution in [3.63, 3.8) is 0 Å². The van der Waals surface area contributed by atoms with E-state index in [4.69, 9.17) is 9.47 Å². The Kier molecular flexibility index (Phi) is 5.33. The largest absolute Gasteiger partial charge is 0.497 e. The summed E-state index contributed by atoms with van der Waals surface area (Å²) in [5.41, 5.74) is -1.26. The Hall–Kier alpha value is -3.00. The maximum Gasteiger partial charge on any atom is 0.352 e. The minimum absolute atomic E-state index is 0.480. The second-order valence-corrected chi connectivity index (χ2v) is 6.58. The number of hydrogen-bond donors (Lipinski definition) is 1. The zero-order chi connectivity index (χ0) is 18.5. The number of hydrogen-bond acceptors (Lipinski definition) is 5. The molecule has 0 amide bonds. The Balaban J connectivity index is 2.51. The highest BCUT2D eigenvalue weighted by Crippen LogP contribution is 2.30. The topological polar surface area (TPSA) is 71.3 Å². The highest BCUT2D eigenvalue weighted by Gasteiger charge is 2.44. The van der Waals surface area contributed by atoms with Gasteiger partial charge < -0.3 is 14.8 Å². The molecule has 5 heteroatoms. The van der Waals surface area contributed by atoms with Crippen molar-refractivity contribution in [2.24, 2.45) is 0 Å². The van der Waals surface area contributed by atoms with Gasteiger partial charge in [0.05, 0.1) is 7.11 Å². The minimum atomic E-state index is -1.67. The lowest BCUT2D eigenvalue weighted by atomic mass is 9.90. The van der Waals surface area contributed by atoms with E-state index in [1.165, 1.54) is 0 Å². The van der Waals surface area contributed by atoms with Gasteiger partial charge in [-0.3, -0.25) is 0 Å². The molecule has 0 aliphatic carbocycles. The predicted octanol–water partition coefficient (Wildman–Crippen LogP) is 3.87. The summed E-state index contributed by atoms with van der Waals surface area (Å²) in [6.45, 7) is 5.30. The second-order valence-electron chi connectivity index (χ2n) is 6.58. The molecule has 0 fully saturated rings. The zero-order valence-corrected chi connectivity index (χ0v) is 14.9. The van der Waals surface area contributed by atoms with Crippen LogP contribution in [0.15, 0.2) is 54.6 Å². The number of anilines is 1. The molecule has 0 radical (unpaired) electrons. The van der Waals surface area contributed by atoms with E-state index in [0.717, 1.165) is 0 Å². The third kappa shape index (κ3) is 4.30. The standard InChI is InChI=1S/C20H22N2O3/c1-19(2,3)25-18(23)20(14-21,22-16-8-6-5-7-9-16)15-10-12-17(24-4)13-11-15/h5-13,22H,1-4H3/t20-/m1/s1. The van der Waals surface area contributed by atoms with Crippen LogP contribution in [0.2, 0.25) is 0 Å². The molecule has 0 aromatic heterocycles. The molecule has 0 aliphatic heterocycles. The molecule has 0 saturated carbocycles. The van der Waals surface area contributed by atoms with Crippen LogP contribution in [0.5, 0.6) is 5.75 Å². The molecule has 1 atom stereocenters. The number of nitrogens with one attached hydrogen (secondary N) is 1. The van der Waals surface area contributed by atoms with Crippen molar-refractivity contribution >= 4 is 11.7 Å². The van der Waals surface area contributed by atoms with E-state index in [1.807, 2.05) is 18.2 Å². The van der Waals surface area contributed by atoms with Crippen molar-refractivity contribution in [2.75, 3.05) is 12.4 Å². The van der Waals surface area contributed by atoms with Gasteiger partial charge in [0.15, 0.2) is 0 Å². The van der Waals surface area contributed by atoms with E-state index in [0.29, 0.717) is 17.0 Å². The molecular formula is C20H22N2O3. The molecule has 5 nitrogen and oxygen atoms in total. The highest BCUT2D eigenvalue weighted by atomic mass is 16.6. The van der Waals surface area contributed by atoms with Gasteiger partial charge in [0.1, 0.15) is 17.4 Å². The van der Waals surface area contributed by atoms with E-state index in [9.17, 15) is 10.1 Å². The van der Waals surface area contributed by atoms with Crippen LogP contribution < -0.4 is 10.1 Å². The van der Waals surface area contributed by atoms with Gasteiger partial charge in [-0.2, -0.15) is 5.26 Å². The fourth-order valence-corrected chi connectivity index (χ4v) is 2.31. The lowest BCUT2D eigenvalue weighted by molar-refractivity contribution is -0.158. The smallest absolute Gasteiger partial charge is 0.352 e. The minimum Gasteiger partial charge on any atom is -0.497 e. The molecule has 2 aromatic rings. The van der Waals surface area contributed by atoms with Gasteiger partial charge in [-0.15, -0.1) is 0 Å². The van der Waals surface area contributed by atoms with E-state index in [1.54, 1.807) is 64.3 Å². The molecular weight excluding hydrogens is 316 g/mol. The monoisotopic (exact) mass is 338 g/mol. The van der Waals surface area contributed by atoms with Crippen molar-refractivity contribution in [1.82, 2.24) is 0 Å². The third-order valence-electron chi connectivity index (χ3n) is 3.50. The van der Waals surface area contributed by atoms with Crippen molar-refractivity contribution in [2.45, 2.75) is 31.9 Å². The first-order valence-electron chi connectivity index (χ1n) is 7.93. The Morgan fingerprint density at radius 1 is 1.04 bits per heavy atom. The number of para-hydroxylation sites is 1. The maximum absolute atomic E-state index is 12.9. The van der Waals surface area contributed by atoms with Crippen LogP contribution in [0.25, 0.3) is 0 Å². The molecule has 0 heterocycles. The van der Waals surface area contributed by atoms with Gasteiger partial charge in [-0.05, 0) is 45.0 Å². The number of carbonyl (C=O) groups is 1. The van der Waals surface area contributed by atoms with Crippen molar-refractivity contribution in [3.8, 4) is 11.8 Å². The zero-order valence-electron chi connectivity index (χ0n) is 14.9. The average Bonchev–Trinajstić information content (AvgIpc) is 2.59. The van der Waals surface area contributed by atoms with Crippen LogP contribution in [0.3, 0.4) is 0 Å². The Labute approximate surface area is 148 Å². The lowest BCUT2D eigenvalue weighted by Crippen LogP contribution is -2.46. The molecule has 0 bridgehead atoms. The number of nitriles is 1. The number of esters is 1. The molecule has 0 unspecified atom stereocenters. The van der Waals surface area contributed by atoms with E-state index < -0.39 is 17.1 Å². The van der Waals surface area contributed by atoms with Crippen LogP contribution in [0, 0.1) is 11.3 Å². The van der Waals surface area contributed by atoms with Crippen LogP contribution >= 0.6 is 0 Å². The Bertz CT molecular complexity index is 758. The van der Waals surface area contributed by atoms with E-state index in [-0.39, 0.29) is 0 Å². The van der Waals surface area contributed by atoms with Crippen LogP contribution in [-0.2, 0) is 15.1 Å². The molecule has 1 N–H and O–H groups in total. The number of rotatable bonds is 5. The summed E-state index contributed by atoms with van der Waals surface area (Å²) in [4.78, 5) is 12.9. The van der Waals surface area contributed by atoms with Crippen molar-refractivity contribution in [3.05, 3.63) is 60.2 Å². The number of ether oxygens (including phenoxy) is 2. The number of nitrogens with zero attached hydrogens (tertiary/aromatic N) is 1. The number of methoxy groups -OCH3 is 1. The Morgan fingerprint density at radius 2 is 1.64 bits per heavy atom. The van der Waals surface area contributed by atoms with Crippen LogP contribution in [0.4, 0.5) is 5.69 Å². The molecule has 0 spiro atoms. The first-order valence-corrected chi connectivity index (χ1v) is 7.93. The Morgan fingerprint density at radius 3 is 2.12 bits per heavy atom. The normalized spacial score (nSPS) is 13.2. The van der Waals surface area contributed by atoms with Crippen LogP contribution in [-0.4, -0.2) is 18.7 Å². The van der Waals surface area contributed by atoms with E-state index >= 15 is 0 Å². The maximum atomic E-state index is 12.9. The van der Waals surface area contributed by atoms with Gasteiger partial charge in [0, 0.05) is 11.3 Å². The quantitative estimate of drug-likeness (QED) is 0.838. The molecule has 25 heavy (non-hydrogen) atoms. The molecule has 0 saturated heterocycles. The number of benzene rings is 2. The fourth-order valence-electron chi connectivity index (χ4n) is 2.31. The summed E-state index contributed by atoms with van der Waals surface area (Å²) in [5.74, 6) is -0.0176. The van der Waals surface area contributed by atoms with Crippen LogP contribution in [0.1, 0.15) is 26.3 Å². The van der Waals surface area contributed by atoms with E-state index in [2.05, 4.69) is 11.4 Å². The third-order valence-corrected chi connectivity index (χ3v) is 3.50. The van der Waals surface area contributed by atoms with Gasteiger partial charge in [-0.1, -0.05) is 30.3 Å². The van der Waals surface area contributed by atoms with Gasteiger partial charge in [0.25, 0.3) is 0 Å². The summed E-state index contributed by atoms with van der Waals surface area (Å²) in [6.07, 6.45) is 0. The molecule has 2 rings (SSSR count). The SMILES string of the molecule is COc1ccc([C@@](C#N)(Nc2ccccc2)C(=O)OC(C)(C)C)cc1.